The third kappa shape index (κ3) is 3.57. The predicted molar refractivity (Wildman–Crippen MR) is 104 cm³/mol. The Hall–Kier alpha value is -2.84. The first kappa shape index (κ1) is 20.4. The van der Waals surface area contributed by atoms with E-state index in [-0.39, 0.29) is 35.3 Å². The molecule has 1 saturated carbocycles. The summed E-state index contributed by atoms with van der Waals surface area (Å²) in [6.45, 7) is -0.0152. The van der Waals surface area contributed by atoms with Gasteiger partial charge in [0.05, 0.1) is 29.7 Å². The van der Waals surface area contributed by atoms with E-state index >= 15 is 4.39 Å². The van der Waals surface area contributed by atoms with Crippen molar-refractivity contribution in [3.63, 3.8) is 0 Å². The molecule has 1 aliphatic heterocycles. The SMILES string of the molecule is COc1cc2nn(C3CCC(C=O)CC3)c(F)c2cc1N1CC=CC=C1C(F)(F)F. The van der Waals surface area contributed by atoms with E-state index < -0.39 is 17.8 Å². The summed E-state index contributed by atoms with van der Waals surface area (Å²) in [5, 5.41) is 4.49. The van der Waals surface area contributed by atoms with E-state index in [0.717, 1.165) is 17.3 Å². The summed E-state index contributed by atoms with van der Waals surface area (Å²) in [5.74, 6) is -0.420. The van der Waals surface area contributed by atoms with Gasteiger partial charge < -0.3 is 14.4 Å². The fraction of sp³-hybridized carbons (Fsp3) is 0.429. The molecule has 4 rings (SSSR count). The summed E-state index contributed by atoms with van der Waals surface area (Å²) < 4.78 is 62.4. The number of fused-ring (bicyclic) bond motifs is 1. The van der Waals surface area contributed by atoms with Crippen LogP contribution in [0.5, 0.6) is 5.75 Å². The average molecular weight is 423 g/mol. The van der Waals surface area contributed by atoms with Crippen LogP contribution in [-0.2, 0) is 4.79 Å². The molecule has 30 heavy (non-hydrogen) atoms. The molecule has 5 nitrogen and oxygen atoms in total. The van der Waals surface area contributed by atoms with Crippen LogP contribution in [0.4, 0.5) is 23.2 Å². The summed E-state index contributed by atoms with van der Waals surface area (Å²) in [7, 11) is 1.36. The molecule has 0 amide bonds. The maximum absolute atomic E-state index is 15.2. The number of aromatic nitrogens is 2. The van der Waals surface area contributed by atoms with E-state index in [1.165, 1.54) is 30.0 Å². The van der Waals surface area contributed by atoms with Crippen molar-refractivity contribution in [3.05, 3.63) is 42.0 Å². The zero-order valence-electron chi connectivity index (χ0n) is 16.3. The Morgan fingerprint density at radius 2 is 1.93 bits per heavy atom. The van der Waals surface area contributed by atoms with Crippen LogP contribution in [0.15, 0.2) is 36.1 Å². The number of nitrogens with zero attached hydrogens (tertiary/aromatic N) is 3. The van der Waals surface area contributed by atoms with Gasteiger partial charge in [-0.2, -0.15) is 22.7 Å². The summed E-state index contributed by atoms with van der Waals surface area (Å²) in [5.41, 5.74) is -0.403. The van der Waals surface area contributed by atoms with Gasteiger partial charge in [0.25, 0.3) is 0 Å². The first-order valence-electron chi connectivity index (χ1n) is 9.76. The minimum absolute atomic E-state index is 0.0132. The van der Waals surface area contributed by atoms with Crippen LogP contribution in [0, 0.1) is 11.9 Å². The fourth-order valence-electron chi connectivity index (χ4n) is 4.18. The van der Waals surface area contributed by atoms with Crippen molar-refractivity contribution in [3.8, 4) is 5.75 Å². The van der Waals surface area contributed by atoms with Gasteiger partial charge in [0.15, 0.2) is 0 Å². The zero-order chi connectivity index (χ0) is 21.5. The van der Waals surface area contributed by atoms with E-state index in [2.05, 4.69) is 5.10 Å². The molecular formula is C21H21F4N3O2. The molecule has 1 aliphatic carbocycles. The smallest absolute Gasteiger partial charge is 0.431 e. The van der Waals surface area contributed by atoms with E-state index in [1.807, 2.05) is 0 Å². The Labute approximate surface area is 170 Å². The van der Waals surface area contributed by atoms with Gasteiger partial charge >= 0.3 is 6.18 Å². The van der Waals surface area contributed by atoms with Crippen molar-refractivity contribution in [2.24, 2.45) is 5.92 Å². The van der Waals surface area contributed by atoms with Crippen LogP contribution < -0.4 is 9.64 Å². The van der Waals surface area contributed by atoms with Crippen molar-refractivity contribution < 1.29 is 27.1 Å². The van der Waals surface area contributed by atoms with E-state index in [4.69, 9.17) is 4.74 Å². The third-order valence-electron chi connectivity index (χ3n) is 5.77. The van der Waals surface area contributed by atoms with Crippen LogP contribution >= 0.6 is 0 Å². The molecule has 160 valence electrons. The lowest BCUT2D eigenvalue weighted by Crippen LogP contribution is -2.33. The van der Waals surface area contributed by atoms with E-state index in [0.29, 0.717) is 31.2 Å². The fourth-order valence-corrected chi connectivity index (χ4v) is 4.18. The van der Waals surface area contributed by atoms with Crippen molar-refractivity contribution in [2.75, 3.05) is 18.6 Å². The number of ether oxygens (including phenoxy) is 1. The number of methoxy groups -OCH3 is 1. The Bertz CT molecular complexity index is 1020. The number of hydrogen-bond donors (Lipinski definition) is 0. The number of hydrogen-bond acceptors (Lipinski definition) is 4. The minimum Gasteiger partial charge on any atom is -0.494 e. The number of alkyl halides is 3. The summed E-state index contributed by atoms with van der Waals surface area (Å²) in [6, 6.07) is 2.64. The molecule has 0 spiro atoms. The number of carbonyl (C=O) groups excluding carboxylic acids is 1. The molecule has 0 radical (unpaired) electrons. The van der Waals surface area contributed by atoms with Crippen LogP contribution in [0.1, 0.15) is 31.7 Å². The number of benzene rings is 1. The highest BCUT2D eigenvalue weighted by atomic mass is 19.4. The number of allylic oxidation sites excluding steroid dienone is 3. The van der Waals surface area contributed by atoms with Crippen LogP contribution in [-0.4, -0.2) is 35.9 Å². The van der Waals surface area contributed by atoms with Crippen molar-refractivity contribution in [2.45, 2.75) is 37.9 Å². The van der Waals surface area contributed by atoms with Gasteiger partial charge in [-0.25, -0.2) is 4.68 Å². The van der Waals surface area contributed by atoms with Gasteiger partial charge in [0, 0.05) is 18.5 Å². The highest BCUT2D eigenvalue weighted by Crippen LogP contribution is 2.41. The molecule has 0 unspecified atom stereocenters. The molecule has 0 bridgehead atoms. The third-order valence-corrected chi connectivity index (χ3v) is 5.77. The summed E-state index contributed by atoms with van der Waals surface area (Å²) in [4.78, 5) is 12.0. The topological polar surface area (TPSA) is 47.4 Å². The first-order valence-corrected chi connectivity index (χ1v) is 9.76. The minimum atomic E-state index is -4.56. The van der Waals surface area contributed by atoms with E-state index in [1.54, 1.807) is 6.08 Å². The van der Waals surface area contributed by atoms with Gasteiger partial charge in [0.2, 0.25) is 5.95 Å². The van der Waals surface area contributed by atoms with Crippen molar-refractivity contribution in [1.82, 2.24) is 9.78 Å². The van der Waals surface area contributed by atoms with Crippen LogP contribution in [0.2, 0.25) is 0 Å². The standard InChI is InChI=1S/C21H21F4N3O2/c1-30-18-11-16-15(10-17(18)27-9-3-2-4-19(27)21(23,24)25)20(22)28(26-16)14-7-5-13(12-29)6-8-14/h2-4,10-14H,5-9H2,1H3. The molecule has 0 atom stereocenters. The molecule has 2 heterocycles. The lowest BCUT2D eigenvalue weighted by atomic mass is 9.87. The van der Waals surface area contributed by atoms with Gasteiger partial charge in [-0.1, -0.05) is 12.2 Å². The van der Waals surface area contributed by atoms with E-state index in [9.17, 15) is 18.0 Å². The average Bonchev–Trinajstić information content (AvgIpc) is 3.07. The number of carbonyl (C=O) groups is 1. The quantitative estimate of drug-likeness (QED) is 0.517. The molecule has 0 N–H and O–H groups in total. The Balaban J connectivity index is 1.75. The second-order valence-electron chi connectivity index (χ2n) is 7.57. The van der Waals surface area contributed by atoms with Gasteiger partial charge in [0.1, 0.15) is 17.7 Å². The number of anilines is 1. The highest BCUT2D eigenvalue weighted by molar-refractivity contribution is 5.87. The predicted octanol–water partition coefficient (Wildman–Crippen LogP) is 4.94. The molecule has 9 heteroatoms. The van der Waals surface area contributed by atoms with Crippen LogP contribution in [0.3, 0.4) is 0 Å². The lowest BCUT2D eigenvalue weighted by molar-refractivity contribution is -0.112. The van der Waals surface area contributed by atoms with Crippen molar-refractivity contribution >= 4 is 22.9 Å². The van der Waals surface area contributed by atoms with Gasteiger partial charge in [-0.15, -0.1) is 0 Å². The number of rotatable bonds is 4. The highest BCUT2D eigenvalue weighted by Gasteiger charge is 2.39. The normalized spacial score (nSPS) is 22.3. The second-order valence-corrected chi connectivity index (χ2v) is 7.57. The molecule has 1 aromatic carbocycles. The Morgan fingerprint density at radius 1 is 1.20 bits per heavy atom. The summed E-state index contributed by atoms with van der Waals surface area (Å²) in [6.07, 6.45) is 2.86. The first-order chi connectivity index (χ1) is 14.3. The van der Waals surface area contributed by atoms with Crippen molar-refractivity contribution in [1.29, 1.82) is 0 Å². The second kappa shape index (κ2) is 7.77. The van der Waals surface area contributed by atoms with Gasteiger partial charge in [-0.05, 0) is 37.8 Å². The molecule has 1 aromatic heterocycles. The maximum Gasteiger partial charge on any atom is 0.431 e. The monoisotopic (exact) mass is 423 g/mol. The summed E-state index contributed by atoms with van der Waals surface area (Å²) >= 11 is 0. The lowest BCUT2D eigenvalue weighted by Gasteiger charge is -2.30. The molecule has 2 aromatic rings. The van der Waals surface area contributed by atoms with Gasteiger partial charge in [-0.3, -0.25) is 0 Å². The zero-order valence-corrected chi connectivity index (χ0v) is 16.3. The number of halogens is 4. The molecule has 1 fully saturated rings. The number of aldehydes is 1. The molecule has 2 aliphatic rings. The molecule has 0 saturated heterocycles. The molecular weight excluding hydrogens is 402 g/mol. The maximum atomic E-state index is 15.2. The largest absolute Gasteiger partial charge is 0.494 e. The Kier molecular flexibility index (Phi) is 5.29. The Morgan fingerprint density at radius 3 is 2.57 bits per heavy atom. The van der Waals surface area contributed by atoms with Crippen LogP contribution in [0.25, 0.3) is 10.9 Å².